The second-order valence-corrected chi connectivity index (χ2v) is 10.2. The van der Waals surface area contributed by atoms with Crippen LogP contribution in [0.15, 0.2) is 0 Å². The molecule has 0 aliphatic carbocycles. The Kier molecular flexibility index (Phi) is 32.5. The van der Waals surface area contributed by atoms with Gasteiger partial charge in [-0.3, -0.25) is 19.2 Å². The number of esters is 4. The second kappa shape index (κ2) is 32.3. The zero-order chi connectivity index (χ0) is 29.4. The average Bonchev–Trinajstić information content (AvgIpc) is 2.91. The first-order chi connectivity index (χ1) is 18.9. The van der Waals surface area contributed by atoms with E-state index in [0.717, 1.165) is 57.8 Å². The minimum Gasteiger partial charge on any atom is -0.466 e. The first-order valence-electron chi connectivity index (χ1n) is 16.0. The maximum atomic E-state index is 11.5. The number of ether oxygens (including phenoxy) is 3. The smallest absolute Gasteiger partial charge is 0.313 e. The molecule has 0 fully saturated rings. The Morgan fingerprint density at radius 2 is 0.641 bits per heavy atom. The normalized spacial score (nSPS) is 10.4. The monoisotopic (exact) mass is 556 g/mol. The average molecular weight is 557 g/mol. The number of hydrogen-bond donors (Lipinski definition) is 0. The van der Waals surface area contributed by atoms with Gasteiger partial charge in [0.1, 0.15) is 0 Å². The molecule has 0 bridgehead atoms. The van der Waals surface area contributed by atoms with Crippen LogP contribution in [0.1, 0.15) is 169 Å². The Labute approximate surface area is 239 Å². The Hall–Kier alpha value is -1.92. The highest BCUT2D eigenvalue weighted by molar-refractivity contribution is 5.85. The van der Waals surface area contributed by atoms with E-state index in [1.807, 2.05) is 0 Å². The highest BCUT2D eigenvalue weighted by Crippen LogP contribution is 2.10. The summed E-state index contributed by atoms with van der Waals surface area (Å²) in [6, 6.07) is 0. The first kappa shape index (κ1) is 39.2. The van der Waals surface area contributed by atoms with E-state index in [9.17, 15) is 19.2 Å². The topological polar surface area (TPSA) is 96.0 Å². The zero-order valence-electron chi connectivity index (χ0n) is 25.8. The fourth-order valence-corrected chi connectivity index (χ4v) is 3.67. The van der Waals surface area contributed by atoms with Crippen LogP contribution in [0.2, 0.25) is 0 Å². The standard InChI is InChI=1S/C18H34O3.C14H26O4/c1-3-5-7-9-10-12-14-16-18(20)21-17(19)15-13-11-8-6-4-2;1-3-5-11-17-13(15)9-7-8-10-14(16)18-12-6-4-2/h3-16H2,1-2H3;3-12H2,1-2H3. The van der Waals surface area contributed by atoms with Gasteiger partial charge >= 0.3 is 23.9 Å². The zero-order valence-corrected chi connectivity index (χ0v) is 25.8. The molecular formula is C32H60O7. The van der Waals surface area contributed by atoms with Gasteiger partial charge in [-0.1, -0.05) is 105 Å². The van der Waals surface area contributed by atoms with Crippen LogP contribution in [-0.4, -0.2) is 37.1 Å². The van der Waals surface area contributed by atoms with Gasteiger partial charge in [0.2, 0.25) is 0 Å². The third-order valence-electron chi connectivity index (χ3n) is 6.23. The van der Waals surface area contributed by atoms with Gasteiger partial charge in [-0.2, -0.15) is 0 Å². The lowest BCUT2D eigenvalue weighted by Gasteiger charge is -2.04. The highest BCUT2D eigenvalue weighted by Gasteiger charge is 2.10. The van der Waals surface area contributed by atoms with E-state index in [0.29, 0.717) is 51.7 Å². The van der Waals surface area contributed by atoms with Crippen molar-refractivity contribution in [3.63, 3.8) is 0 Å². The van der Waals surface area contributed by atoms with Crippen molar-refractivity contribution < 1.29 is 33.4 Å². The van der Waals surface area contributed by atoms with E-state index in [1.165, 1.54) is 44.9 Å². The van der Waals surface area contributed by atoms with Crippen molar-refractivity contribution in [2.24, 2.45) is 0 Å². The van der Waals surface area contributed by atoms with Gasteiger partial charge in [0.25, 0.3) is 0 Å². The molecule has 0 aromatic rings. The SMILES string of the molecule is CCCCCCCCCC(=O)OC(=O)CCCCCCC.CCCCOC(=O)CCCCC(=O)OCCCC. The number of hydrogen-bond acceptors (Lipinski definition) is 7. The summed E-state index contributed by atoms with van der Waals surface area (Å²) >= 11 is 0. The molecule has 0 atom stereocenters. The molecule has 0 spiro atoms. The van der Waals surface area contributed by atoms with E-state index >= 15 is 0 Å². The summed E-state index contributed by atoms with van der Waals surface area (Å²) in [6.45, 7) is 9.49. The van der Waals surface area contributed by atoms with Crippen LogP contribution >= 0.6 is 0 Å². The fraction of sp³-hybridized carbons (Fsp3) is 0.875. The van der Waals surface area contributed by atoms with Crippen molar-refractivity contribution in [2.75, 3.05) is 13.2 Å². The molecule has 0 N–H and O–H groups in total. The van der Waals surface area contributed by atoms with Gasteiger partial charge in [0.05, 0.1) is 13.2 Å². The van der Waals surface area contributed by atoms with Gasteiger partial charge in [-0.05, 0) is 38.5 Å². The first-order valence-corrected chi connectivity index (χ1v) is 16.0. The molecule has 0 aliphatic heterocycles. The van der Waals surface area contributed by atoms with Gasteiger partial charge in [0, 0.05) is 25.7 Å². The second-order valence-electron chi connectivity index (χ2n) is 10.2. The molecule has 0 radical (unpaired) electrons. The van der Waals surface area contributed by atoms with Crippen LogP contribution in [0.3, 0.4) is 0 Å². The predicted octanol–water partition coefficient (Wildman–Crippen LogP) is 8.79. The van der Waals surface area contributed by atoms with Gasteiger partial charge < -0.3 is 14.2 Å². The Morgan fingerprint density at radius 3 is 1.00 bits per heavy atom. The molecule has 0 aromatic carbocycles. The molecule has 0 rings (SSSR count). The van der Waals surface area contributed by atoms with Gasteiger partial charge in [0.15, 0.2) is 0 Å². The van der Waals surface area contributed by atoms with E-state index in [1.54, 1.807) is 0 Å². The van der Waals surface area contributed by atoms with Crippen molar-refractivity contribution in [3.05, 3.63) is 0 Å². The lowest BCUT2D eigenvalue weighted by molar-refractivity contribution is -0.160. The minimum atomic E-state index is -0.348. The molecular weight excluding hydrogens is 496 g/mol. The molecule has 0 aliphatic rings. The molecule has 39 heavy (non-hydrogen) atoms. The van der Waals surface area contributed by atoms with Crippen LogP contribution < -0.4 is 0 Å². The fourth-order valence-electron chi connectivity index (χ4n) is 3.67. The van der Waals surface area contributed by atoms with Crippen LogP contribution in [-0.2, 0) is 33.4 Å². The van der Waals surface area contributed by atoms with E-state index in [4.69, 9.17) is 14.2 Å². The number of rotatable bonds is 25. The summed E-state index contributed by atoms with van der Waals surface area (Å²) in [6.07, 6.45) is 20.4. The number of carbonyl (C=O) groups excluding carboxylic acids is 4. The van der Waals surface area contributed by atoms with Crippen molar-refractivity contribution >= 4 is 23.9 Å². The van der Waals surface area contributed by atoms with Crippen LogP contribution in [0.4, 0.5) is 0 Å². The third kappa shape index (κ3) is 34.1. The predicted molar refractivity (Wildman–Crippen MR) is 157 cm³/mol. The molecule has 0 aromatic heterocycles. The van der Waals surface area contributed by atoms with Crippen molar-refractivity contribution in [3.8, 4) is 0 Å². The minimum absolute atomic E-state index is 0.164. The van der Waals surface area contributed by atoms with E-state index in [-0.39, 0.29) is 23.9 Å². The largest absolute Gasteiger partial charge is 0.466 e. The summed E-state index contributed by atoms with van der Waals surface area (Å²) < 4.78 is 14.9. The lowest BCUT2D eigenvalue weighted by atomic mass is 10.1. The third-order valence-corrected chi connectivity index (χ3v) is 6.23. The van der Waals surface area contributed by atoms with E-state index < -0.39 is 0 Å². The molecule has 0 saturated heterocycles. The number of carbonyl (C=O) groups is 4. The van der Waals surface area contributed by atoms with Crippen molar-refractivity contribution in [1.29, 1.82) is 0 Å². The molecule has 7 nitrogen and oxygen atoms in total. The summed E-state index contributed by atoms with van der Waals surface area (Å²) in [5.41, 5.74) is 0. The summed E-state index contributed by atoms with van der Waals surface area (Å²) in [7, 11) is 0. The Bertz CT molecular complexity index is 565. The highest BCUT2D eigenvalue weighted by atomic mass is 16.6. The van der Waals surface area contributed by atoms with Crippen molar-refractivity contribution in [2.45, 2.75) is 169 Å². The molecule has 0 unspecified atom stereocenters. The van der Waals surface area contributed by atoms with E-state index in [2.05, 4.69) is 27.7 Å². The molecule has 7 heteroatoms. The van der Waals surface area contributed by atoms with Crippen LogP contribution in [0.25, 0.3) is 0 Å². The lowest BCUT2D eigenvalue weighted by Crippen LogP contribution is -2.11. The van der Waals surface area contributed by atoms with Gasteiger partial charge in [-0.15, -0.1) is 0 Å². The van der Waals surface area contributed by atoms with Crippen LogP contribution in [0.5, 0.6) is 0 Å². The van der Waals surface area contributed by atoms with Crippen LogP contribution in [0, 0.1) is 0 Å². The summed E-state index contributed by atoms with van der Waals surface area (Å²) in [5.74, 6) is -1.02. The Balaban J connectivity index is 0. The molecule has 0 amide bonds. The maximum Gasteiger partial charge on any atom is 0.313 e. The summed E-state index contributed by atoms with van der Waals surface area (Å²) in [5, 5.41) is 0. The quantitative estimate of drug-likeness (QED) is 0.0480. The maximum absolute atomic E-state index is 11.5. The van der Waals surface area contributed by atoms with Crippen molar-refractivity contribution in [1.82, 2.24) is 0 Å². The van der Waals surface area contributed by atoms with Gasteiger partial charge in [-0.25, -0.2) is 0 Å². The summed E-state index contributed by atoms with van der Waals surface area (Å²) in [4.78, 5) is 45.4. The molecule has 0 heterocycles. The number of unbranched alkanes of at least 4 members (excludes halogenated alkanes) is 13. The molecule has 230 valence electrons. The Morgan fingerprint density at radius 1 is 0.359 bits per heavy atom. The molecule has 0 saturated carbocycles.